The zero-order chi connectivity index (χ0) is 61.9. The highest BCUT2D eigenvalue weighted by Gasteiger charge is 2.25. The van der Waals surface area contributed by atoms with Gasteiger partial charge in [0.2, 0.25) is 0 Å². The molecule has 0 saturated carbocycles. The molecule has 9 heteroatoms. The van der Waals surface area contributed by atoms with E-state index >= 15 is 0 Å². The largest absolute Gasteiger partial charge is 0.477 e. The van der Waals surface area contributed by atoms with Crippen LogP contribution in [0.15, 0.2) is 12.2 Å². The first-order chi connectivity index (χ1) is 41.6. The lowest BCUT2D eigenvalue weighted by Gasteiger charge is -2.25. The third kappa shape index (κ3) is 69.4. The Bertz CT molecular complexity index is 1400. The molecule has 504 valence electrons. The standard InChI is InChI=1S/C76H147NO8/c1-6-8-10-12-14-16-18-20-22-24-26-28-30-32-33-34-35-36-37-38-39-40-41-43-45-47-49-51-53-55-57-59-61-63-65-67-74(79)85-72(71-84-76(75(80)81)82-69-68-77(3,4)5)70-83-73(78)66-64-62-60-58-56-54-52-50-48-46-44-42-31-29-27-25-23-21-19-17-15-13-11-9-7-2/h24,26,72,76H,6-23,25,27-71H2,1-5H3/p+1/b26-24-. The fourth-order valence-electron chi connectivity index (χ4n) is 11.7. The Kier molecular flexibility index (Phi) is 66.4. The van der Waals surface area contributed by atoms with E-state index in [1.807, 2.05) is 21.1 Å². The van der Waals surface area contributed by atoms with Crippen molar-refractivity contribution in [3.8, 4) is 0 Å². The minimum Gasteiger partial charge on any atom is -0.477 e. The number of carbonyl (C=O) groups excluding carboxylic acids is 2. The van der Waals surface area contributed by atoms with Gasteiger partial charge in [-0.25, -0.2) is 4.79 Å². The molecule has 0 amide bonds. The molecule has 0 heterocycles. The van der Waals surface area contributed by atoms with Crippen molar-refractivity contribution in [3.05, 3.63) is 12.2 Å². The second-order valence-corrected chi connectivity index (χ2v) is 27.3. The summed E-state index contributed by atoms with van der Waals surface area (Å²) in [5, 5.41) is 9.76. The van der Waals surface area contributed by atoms with Crippen LogP contribution < -0.4 is 0 Å². The number of hydrogen-bond acceptors (Lipinski definition) is 7. The number of hydrogen-bond donors (Lipinski definition) is 1. The summed E-state index contributed by atoms with van der Waals surface area (Å²) in [6.45, 7) is 4.97. The monoisotopic (exact) mass is 1200 g/mol. The van der Waals surface area contributed by atoms with Crippen LogP contribution in [0.1, 0.15) is 399 Å². The zero-order valence-corrected chi connectivity index (χ0v) is 57.8. The predicted molar refractivity (Wildman–Crippen MR) is 365 cm³/mol. The van der Waals surface area contributed by atoms with Crippen molar-refractivity contribution in [1.82, 2.24) is 0 Å². The van der Waals surface area contributed by atoms with E-state index in [2.05, 4.69) is 26.0 Å². The normalized spacial score (nSPS) is 12.6. The maximum atomic E-state index is 13.0. The highest BCUT2D eigenvalue weighted by molar-refractivity contribution is 5.71. The van der Waals surface area contributed by atoms with E-state index in [4.69, 9.17) is 18.9 Å². The van der Waals surface area contributed by atoms with E-state index in [-0.39, 0.29) is 38.2 Å². The van der Waals surface area contributed by atoms with Gasteiger partial charge in [-0.05, 0) is 38.5 Å². The van der Waals surface area contributed by atoms with Crippen molar-refractivity contribution in [2.75, 3.05) is 47.5 Å². The topological polar surface area (TPSA) is 108 Å². The third-order valence-electron chi connectivity index (χ3n) is 17.5. The number of rotatable bonds is 72. The molecule has 9 nitrogen and oxygen atoms in total. The lowest BCUT2D eigenvalue weighted by Crippen LogP contribution is -2.40. The number of carboxylic acid groups (broad SMARTS) is 1. The Balaban J connectivity index is 3.98. The van der Waals surface area contributed by atoms with Crippen molar-refractivity contribution >= 4 is 17.9 Å². The molecule has 0 fully saturated rings. The van der Waals surface area contributed by atoms with Gasteiger partial charge in [0.1, 0.15) is 13.2 Å². The molecule has 0 bridgehead atoms. The number of allylic oxidation sites excluding steroid dienone is 2. The maximum Gasteiger partial charge on any atom is 0.361 e. The highest BCUT2D eigenvalue weighted by atomic mass is 16.7. The van der Waals surface area contributed by atoms with Crippen molar-refractivity contribution in [1.29, 1.82) is 0 Å². The molecule has 2 unspecified atom stereocenters. The molecule has 0 aromatic rings. The van der Waals surface area contributed by atoms with Gasteiger partial charge in [0.05, 0.1) is 34.4 Å². The van der Waals surface area contributed by atoms with Gasteiger partial charge >= 0.3 is 17.9 Å². The number of aliphatic carboxylic acids is 1. The van der Waals surface area contributed by atoms with E-state index in [0.29, 0.717) is 17.4 Å². The Morgan fingerprint density at radius 3 is 0.871 bits per heavy atom. The Hall–Kier alpha value is -1.97. The minimum absolute atomic E-state index is 0.173. The lowest BCUT2D eigenvalue weighted by molar-refractivity contribution is -0.870. The SMILES string of the molecule is CCCCCCCCCC/C=C\CCCCCCCCCCCCCCCCCCCCCCCCCC(=O)OC(COC(=O)CCCCCCCCCCCCCCCCCCCCCCCCCCC)COC(OCC[N+](C)(C)C)C(=O)O. The van der Waals surface area contributed by atoms with Crippen molar-refractivity contribution in [3.63, 3.8) is 0 Å². The molecule has 0 rings (SSSR count). The van der Waals surface area contributed by atoms with Gasteiger partial charge in [0.15, 0.2) is 6.10 Å². The van der Waals surface area contributed by atoms with Crippen molar-refractivity contribution < 1.29 is 42.9 Å². The summed E-state index contributed by atoms with van der Waals surface area (Å²) in [7, 11) is 6.00. The molecule has 0 aliphatic rings. The highest BCUT2D eigenvalue weighted by Crippen LogP contribution is 2.20. The molecular weight excluding hydrogens is 1050 g/mol. The van der Waals surface area contributed by atoms with Gasteiger partial charge < -0.3 is 28.5 Å². The minimum atomic E-state index is -1.51. The number of carbonyl (C=O) groups is 3. The summed E-state index contributed by atoms with van der Waals surface area (Å²) >= 11 is 0. The molecule has 1 N–H and O–H groups in total. The molecule has 0 aliphatic carbocycles. The summed E-state index contributed by atoms with van der Waals surface area (Å²) in [6, 6.07) is 0. The van der Waals surface area contributed by atoms with E-state index < -0.39 is 18.4 Å². The fraction of sp³-hybridized carbons (Fsp3) is 0.934. The van der Waals surface area contributed by atoms with Gasteiger partial charge in [-0.15, -0.1) is 0 Å². The molecule has 0 spiro atoms. The number of nitrogens with zero attached hydrogens (tertiary/aromatic N) is 1. The number of quaternary nitrogens is 1. The van der Waals surface area contributed by atoms with Crippen LogP contribution in [-0.4, -0.2) is 87.4 Å². The Labute approximate surface area is 529 Å². The summed E-state index contributed by atoms with van der Waals surface area (Å²) in [4.78, 5) is 37.7. The average molecular weight is 1200 g/mol. The summed E-state index contributed by atoms with van der Waals surface area (Å²) < 4.78 is 23.0. The second kappa shape index (κ2) is 68.0. The number of carboxylic acids is 1. The summed E-state index contributed by atoms with van der Waals surface area (Å²) in [5.41, 5.74) is 0. The molecule has 0 saturated heterocycles. The van der Waals surface area contributed by atoms with E-state index in [0.717, 1.165) is 38.5 Å². The van der Waals surface area contributed by atoms with Gasteiger partial charge in [-0.1, -0.05) is 360 Å². The third-order valence-corrected chi connectivity index (χ3v) is 17.5. The fourth-order valence-corrected chi connectivity index (χ4v) is 11.7. The first kappa shape index (κ1) is 83.0. The number of ether oxygens (including phenoxy) is 4. The smallest absolute Gasteiger partial charge is 0.361 e. The number of esters is 2. The van der Waals surface area contributed by atoms with Crippen LogP contribution in [0.5, 0.6) is 0 Å². The van der Waals surface area contributed by atoms with Crippen LogP contribution in [0.4, 0.5) is 0 Å². The number of likely N-dealkylation sites (N-methyl/N-ethyl adjacent to an activating group) is 1. The summed E-state index contributed by atoms with van der Waals surface area (Å²) in [6.07, 6.45) is 80.7. The molecule has 0 radical (unpaired) electrons. The first-order valence-corrected chi connectivity index (χ1v) is 37.9. The van der Waals surface area contributed by atoms with Crippen molar-refractivity contribution in [2.45, 2.75) is 411 Å². The van der Waals surface area contributed by atoms with E-state index in [1.54, 1.807) is 0 Å². The molecule has 2 atom stereocenters. The quantitative estimate of drug-likeness (QED) is 0.0211. The molecule has 0 aromatic carbocycles. The number of unbranched alkanes of at least 4 members (excludes halogenated alkanes) is 55. The zero-order valence-electron chi connectivity index (χ0n) is 57.8. The predicted octanol–water partition coefficient (Wildman–Crippen LogP) is 23.6. The molecular formula is C76H148NO8+. The van der Waals surface area contributed by atoms with Crippen LogP contribution >= 0.6 is 0 Å². The van der Waals surface area contributed by atoms with E-state index in [9.17, 15) is 19.5 Å². The maximum absolute atomic E-state index is 13.0. The molecule has 0 aromatic heterocycles. The molecule has 85 heavy (non-hydrogen) atoms. The van der Waals surface area contributed by atoms with Gasteiger partial charge in [-0.2, -0.15) is 0 Å². The second-order valence-electron chi connectivity index (χ2n) is 27.3. The van der Waals surface area contributed by atoms with Crippen molar-refractivity contribution in [2.24, 2.45) is 0 Å². The van der Waals surface area contributed by atoms with Gasteiger partial charge in [-0.3, -0.25) is 9.59 Å². The van der Waals surface area contributed by atoms with Crippen LogP contribution in [0, 0.1) is 0 Å². The van der Waals surface area contributed by atoms with E-state index in [1.165, 1.54) is 334 Å². The molecule has 0 aliphatic heterocycles. The van der Waals surface area contributed by atoms with Gasteiger partial charge in [0, 0.05) is 12.8 Å². The Morgan fingerprint density at radius 1 is 0.341 bits per heavy atom. The lowest BCUT2D eigenvalue weighted by atomic mass is 10.0. The Morgan fingerprint density at radius 2 is 0.600 bits per heavy atom. The van der Waals surface area contributed by atoms with Crippen LogP contribution in [0.3, 0.4) is 0 Å². The van der Waals surface area contributed by atoms with Gasteiger partial charge in [0.25, 0.3) is 6.29 Å². The van der Waals surface area contributed by atoms with Crippen LogP contribution in [-0.2, 0) is 33.3 Å². The van der Waals surface area contributed by atoms with Crippen LogP contribution in [0.2, 0.25) is 0 Å². The average Bonchev–Trinajstić information content (AvgIpc) is 3.48. The first-order valence-electron chi connectivity index (χ1n) is 37.9. The summed E-state index contributed by atoms with van der Waals surface area (Å²) in [5.74, 6) is -1.97. The van der Waals surface area contributed by atoms with Crippen LogP contribution in [0.25, 0.3) is 0 Å².